The molecule has 0 saturated carbocycles. The van der Waals surface area contributed by atoms with E-state index >= 15 is 0 Å². The fraction of sp³-hybridized carbons (Fsp3) is 0.304. The van der Waals surface area contributed by atoms with Gasteiger partial charge in [0.15, 0.2) is 0 Å². The third-order valence-electron chi connectivity index (χ3n) is 4.05. The van der Waals surface area contributed by atoms with Crippen LogP contribution in [0.3, 0.4) is 0 Å². The van der Waals surface area contributed by atoms with Gasteiger partial charge in [0.2, 0.25) is 0 Å². The van der Waals surface area contributed by atoms with Gasteiger partial charge in [-0.15, -0.1) is 0 Å². The van der Waals surface area contributed by atoms with Gasteiger partial charge < -0.3 is 4.74 Å². The summed E-state index contributed by atoms with van der Waals surface area (Å²) < 4.78 is 6.06. The molecule has 0 saturated heterocycles. The van der Waals surface area contributed by atoms with Gasteiger partial charge in [-0.05, 0) is 30.4 Å². The quantitative estimate of drug-likeness (QED) is 0.430. The molecule has 3 aromatic rings. The minimum absolute atomic E-state index is 0.664. The van der Waals surface area contributed by atoms with Gasteiger partial charge in [-0.25, -0.2) is 0 Å². The Labute approximate surface area is 146 Å². The van der Waals surface area contributed by atoms with E-state index in [0.717, 1.165) is 5.75 Å². The van der Waals surface area contributed by atoms with Crippen molar-refractivity contribution in [1.29, 1.82) is 0 Å². The number of rotatable bonds is 0. The molecule has 0 aromatic heterocycles. The zero-order chi connectivity index (χ0) is 17.7. The summed E-state index contributed by atoms with van der Waals surface area (Å²) >= 11 is 0. The summed E-state index contributed by atoms with van der Waals surface area (Å²) in [5.74, 6) is 1.03. The summed E-state index contributed by atoms with van der Waals surface area (Å²) in [6, 6.07) is 17.5. The maximum absolute atomic E-state index is 6.06. The lowest BCUT2D eigenvalue weighted by Crippen LogP contribution is -2.06. The van der Waals surface area contributed by atoms with Crippen molar-refractivity contribution < 1.29 is 4.74 Å². The lowest BCUT2D eigenvalue weighted by Gasteiger charge is -2.23. The summed E-state index contributed by atoms with van der Waals surface area (Å²) in [4.78, 5) is 0. The highest BCUT2D eigenvalue weighted by Gasteiger charge is 2.19. The van der Waals surface area contributed by atoms with Gasteiger partial charge in [-0.1, -0.05) is 87.4 Å². The van der Waals surface area contributed by atoms with Crippen molar-refractivity contribution in [3.63, 3.8) is 0 Å². The van der Waals surface area contributed by atoms with Gasteiger partial charge in [0, 0.05) is 10.9 Å². The first kappa shape index (κ1) is 18.1. The molecule has 0 fully saturated rings. The Morgan fingerprint density at radius 2 is 1.33 bits per heavy atom. The molecular weight excluding hydrogens is 292 g/mol. The van der Waals surface area contributed by atoms with Crippen molar-refractivity contribution in [3.8, 4) is 16.9 Å². The lowest BCUT2D eigenvalue weighted by atomic mass is 9.93. The molecule has 0 spiro atoms. The van der Waals surface area contributed by atoms with Crippen molar-refractivity contribution in [2.24, 2.45) is 0 Å². The number of fused-ring (bicyclic) bond motifs is 5. The molecule has 0 atom stereocenters. The first-order valence-electron chi connectivity index (χ1n) is 8.98. The van der Waals surface area contributed by atoms with Crippen LogP contribution in [0.15, 0.2) is 48.5 Å². The fourth-order valence-electron chi connectivity index (χ4n) is 3.04. The van der Waals surface area contributed by atoms with E-state index in [9.17, 15) is 0 Å². The fourth-order valence-corrected chi connectivity index (χ4v) is 3.04. The standard InChI is InChI=1S/C19H16O.2C2H6/c1-12-4-7-17-14(9-12)5-8-18-16-6-3-13(2)10-15(16)11-20-19(17)18;2*1-2/h3-10H,11H2,1-2H3;2*1-2H3. The molecule has 24 heavy (non-hydrogen) atoms. The average molecular weight is 320 g/mol. The van der Waals surface area contributed by atoms with Gasteiger partial charge in [0.1, 0.15) is 12.4 Å². The molecule has 0 N–H and O–H groups in total. The maximum atomic E-state index is 6.06. The van der Waals surface area contributed by atoms with Crippen molar-refractivity contribution in [2.45, 2.75) is 48.1 Å². The van der Waals surface area contributed by atoms with Crippen LogP contribution < -0.4 is 4.74 Å². The molecule has 1 aliphatic heterocycles. The van der Waals surface area contributed by atoms with Gasteiger partial charge >= 0.3 is 0 Å². The monoisotopic (exact) mass is 320 g/mol. The second-order valence-electron chi connectivity index (χ2n) is 5.62. The van der Waals surface area contributed by atoms with E-state index in [1.54, 1.807) is 0 Å². The summed E-state index contributed by atoms with van der Waals surface area (Å²) in [5, 5.41) is 2.46. The largest absolute Gasteiger partial charge is 0.488 e. The second-order valence-corrected chi connectivity index (χ2v) is 5.62. The molecule has 4 rings (SSSR count). The van der Waals surface area contributed by atoms with Crippen molar-refractivity contribution >= 4 is 10.8 Å². The van der Waals surface area contributed by atoms with Crippen LogP contribution in [0.5, 0.6) is 5.75 Å². The zero-order valence-corrected chi connectivity index (χ0v) is 15.7. The molecule has 1 heteroatoms. The van der Waals surface area contributed by atoms with Crippen LogP contribution in [0.4, 0.5) is 0 Å². The Balaban J connectivity index is 0.000000487. The molecule has 126 valence electrons. The van der Waals surface area contributed by atoms with Gasteiger partial charge in [0.05, 0.1) is 0 Å². The molecule has 1 aliphatic rings. The third kappa shape index (κ3) is 3.31. The molecule has 1 nitrogen and oxygen atoms in total. The predicted octanol–water partition coefficient (Wildman–Crippen LogP) is 7.07. The molecule has 0 aliphatic carbocycles. The van der Waals surface area contributed by atoms with Crippen molar-refractivity contribution in [3.05, 3.63) is 65.2 Å². The lowest BCUT2D eigenvalue weighted by molar-refractivity contribution is 0.306. The van der Waals surface area contributed by atoms with E-state index in [1.807, 2.05) is 27.7 Å². The number of ether oxygens (including phenoxy) is 1. The Hall–Kier alpha value is -2.28. The number of aryl methyl sites for hydroxylation is 2. The predicted molar refractivity (Wildman–Crippen MR) is 106 cm³/mol. The van der Waals surface area contributed by atoms with Crippen LogP contribution in [0.25, 0.3) is 21.9 Å². The molecule has 3 aromatic carbocycles. The first-order valence-corrected chi connectivity index (χ1v) is 8.98. The van der Waals surface area contributed by atoms with E-state index in [4.69, 9.17) is 4.74 Å². The van der Waals surface area contributed by atoms with Crippen LogP contribution >= 0.6 is 0 Å². The minimum Gasteiger partial charge on any atom is -0.488 e. The van der Waals surface area contributed by atoms with Crippen LogP contribution in [-0.2, 0) is 6.61 Å². The molecule has 0 amide bonds. The smallest absolute Gasteiger partial charge is 0.135 e. The number of hydrogen-bond donors (Lipinski definition) is 0. The molecule has 0 bridgehead atoms. The minimum atomic E-state index is 0.664. The van der Waals surface area contributed by atoms with Crippen molar-refractivity contribution in [2.75, 3.05) is 0 Å². The highest BCUT2D eigenvalue weighted by atomic mass is 16.5. The highest BCUT2D eigenvalue weighted by Crippen LogP contribution is 2.42. The Morgan fingerprint density at radius 1 is 0.708 bits per heavy atom. The van der Waals surface area contributed by atoms with E-state index in [0.29, 0.717) is 6.61 Å². The number of benzene rings is 3. The summed E-state index contributed by atoms with van der Waals surface area (Å²) in [7, 11) is 0. The highest BCUT2D eigenvalue weighted by molar-refractivity contribution is 5.96. The Morgan fingerprint density at radius 3 is 2.08 bits per heavy atom. The van der Waals surface area contributed by atoms with Crippen LogP contribution in [0.2, 0.25) is 0 Å². The Kier molecular flexibility index (Phi) is 6.03. The van der Waals surface area contributed by atoms with Crippen LogP contribution in [-0.4, -0.2) is 0 Å². The van der Waals surface area contributed by atoms with E-state index < -0.39 is 0 Å². The summed E-state index contributed by atoms with van der Waals surface area (Å²) in [6.45, 7) is 12.9. The van der Waals surface area contributed by atoms with Crippen LogP contribution in [0, 0.1) is 13.8 Å². The second kappa shape index (κ2) is 8.01. The van der Waals surface area contributed by atoms with E-state index in [2.05, 4.69) is 62.4 Å². The average Bonchev–Trinajstić information content (AvgIpc) is 2.64. The van der Waals surface area contributed by atoms with E-state index in [-0.39, 0.29) is 0 Å². The summed E-state index contributed by atoms with van der Waals surface area (Å²) in [6.07, 6.45) is 0. The Bertz CT molecular complexity index is 831. The van der Waals surface area contributed by atoms with Crippen molar-refractivity contribution in [1.82, 2.24) is 0 Å². The van der Waals surface area contributed by atoms with Crippen LogP contribution in [0.1, 0.15) is 44.4 Å². The van der Waals surface area contributed by atoms with Gasteiger partial charge in [0.25, 0.3) is 0 Å². The maximum Gasteiger partial charge on any atom is 0.135 e. The SMILES string of the molecule is CC.CC.Cc1ccc2c(c1)COc1c-2ccc2cc(C)ccc12. The molecule has 0 radical (unpaired) electrons. The normalized spacial score (nSPS) is 11.1. The van der Waals surface area contributed by atoms with Gasteiger partial charge in [-0.2, -0.15) is 0 Å². The first-order chi connectivity index (χ1) is 11.7. The third-order valence-corrected chi connectivity index (χ3v) is 4.05. The van der Waals surface area contributed by atoms with Gasteiger partial charge in [-0.3, -0.25) is 0 Å². The molecule has 0 unspecified atom stereocenters. The summed E-state index contributed by atoms with van der Waals surface area (Å²) in [5.41, 5.74) is 6.36. The topological polar surface area (TPSA) is 9.23 Å². The zero-order valence-electron chi connectivity index (χ0n) is 15.7. The number of hydrogen-bond acceptors (Lipinski definition) is 1. The molecular formula is C23H28O. The molecule has 1 heterocycles. The van der Waals surface area contributed by atoms with E-state index in [1.165, 1.54) is 38.6 Å².